The van der Waals surface area contributed by atoms with E-state index in [1.807, 2.05) is 36.0 Å². The minimum atomic E-state index is -0.476. The molecule has 0 saturated heterocycles. The first-order chi connectivity index (χ1) is 14.0. The van der Waals surface area contributed by atoms with Gasteiger partial charge in [-0.2, -0.15) is 0 Å². The summed E-state index contributed by atoms with van der Waals surface area (Å²) in [5.41, 5.74) is 1.62. The molecule has 1 N–H and O–H groups in total. The zero-order valence-electron chi connectivity index (χ0n) is 16.9. The van der Waals surface area contributed by atoms with Gasteiger partial charge in [0.15, 0.2) is 6.61 Å². The predicted molar refractivity (Wildman–Crippen MR) is 112 cm³/mol. The molecule has 0 radical (unpaired) electrons. The van der Waals surface area contributed by atoms with Crippen molar-refractivity contribution in [3.05, 3.63) is 40.5 Å². The molecule has 0 spiro atoms. The van der Waals surface area contributed by atoms with E-state index in [9.17, 15) is 14.4 Å². The van der Waals surface area contributed by atoms with Crippen molar-refractivity contribution in [3.8, 4) is 5.00 Å². The summed E-state index contributed by atoms with van der Waals surface area (Å²) in [5, 5.41) is 3.51. The second-order valence-electron chi connectivity index (χ2n) is 6.92. The van der Waals surface area contributed by atoms with E-state index in [2.05, 4.69) is 5.32 Å². The maximum atomic E-state index is 13.0. The van der Waals surface area contributed by atoms with Gasteiger partial charge in [-0.15, -0.1) is 11.3 Å². The van der Waals surface area contributed by atoms with Gasteiger partial charge in [-0.1, -0.05) is 0 Å². The highest BCUT2D eigenvalue weighted by atomic mass is 32.1. The SMILES string of the molecule is CCNC(=O)CN(CC)C(=O)COC(=O)c1c(-n2cccc2)sc2c1CCCC2. The van der Waals surface area contributed by atoms with Crippen molar-refractivity contribution in [3.63, 3.8) is 0 Å². The Morgan fingerprint density at radius 2 is 1.90 bits per heavy atom. The lowest BCUT2D eigenvalue weighted by atomic mass is 9.95. The van der Waals surface area contributed by atoms with Crippen LogP contribution in [0.1, 0.15) is 47.5 Å². The van der Waals surface area contributed by atoms with E-state index in [4.69, 9.17) is 4.74 Å². The van der Waals surface area contributed by atoms with Crippen molar-refractivity contribution in [1.29, 1.82) is 0 Å². The maximum absolute atomic E-state index is 13.0. The number of aryl methyl sites for hydroxylation is 1. The minimum Gasteiger partial charge on any atom is -0.452 e. The quantitative estimate of drug-likeness (QED) is 0.670. The van der Waals surface area contributed by atoms with E-state index in [1.54, 1.807) is 18.3 Å². The van der Waals surface area contributed by atoms with E-state index >= 15 is 0 Å². The molecule has 0 bridgehead atoms. The Labute approximate surface area is 174 Å². The first-order valence-electron chi connectivity index (χ1n) is 10.0. The smallest absolute Gasteiger partial charge is 0.341 e. The summed E-state index contributed by atoms with van der Waals surface area (Å²) in [6, 6.07) is 3.83. The average molecular weight is 418 g/mol. The molecule has 0 atom stereocenters. The number of thiophene rings is 1. The number of esters is 1. The molecule has 2 amide bonds. The lowest BCUT2D eigenvalue weighted by molar-refractivity contribution is -0.138. The Kier molecular flexibility index (Phi) is 7.09. The molecule has 0 aromatic carbocycles. The van der Waals surface area contributed by atoms with Crippen LogP contribution in [0.25, 0.3) is 5.00 Å². The van der Waals surface area contributed by atoms with Gasteiger partial charge in [0.25, 0.3) is 5.91 Å². The molecular formula is C21H27N3O4S. The van der Waals surface area contributed by atoms with Crippen LogP contribution < -0.4 is 5.32 Å². The van der Waals surface area contributed by atoms with Gasteiger partial charge >= 0.3 is 5.97 Å². The van der Waals surface area contributed by atoms with Crippen LogP contribution in [0.3, 0.4) is 0 Å². The Bertz CT molecular complexity index is 873. The van der Waals surface area contributed by atoms with Gasteiger partial charge in [-0.25, -0.2) is 4.79 Å². The first kappa shape index (κ1) is 21.1. The summed E-state index contributed by atoms with van der Waals surface area (Å²) >= 11 is 1.62. The summed E-state index contributed by atoms with van der Waals surface area (Å²) in [5.74, 6) is -1.08. The molecule has 1 aliphatic carbocycles. The molecule has 0 aliphatic heterocycles. The summed E-state index contributed by atoms with van der Waals surface area (Å²) in [6.45, 7) is 4.08. The van der Waals surface area contributed by atoms with Crippen LogP contribution >= 0.6 is 11.3 Å². The van der Waals surface area contributed by atoms with Gasteiger partial charge in [-0.3, -0.25) is 9.59 Å². The molecule has 2 aromatic heterocycles. The van der Waals surface area contributed by atoms with E-state index in [0.29, 0.717) is 18.7 Å². The number of fused-ring (bicyclic) bond motifs is 1. The van der Waals surface area contributed by atoms with Crippen LogP contribution in [0.4, 0.5) is 0 Å². The average Bonchev–Trinajstić information content (AvgIpc) is 3.37. The molecule has 8 heteroatoms. The lowest BCUT2D eigenvalue weighted by Gasteiger charge is -2.20. The van der Waals surface area contributed by atoms with Crippen LogP contribution in [-0.2, 0) is 27.2 Å². The highest BCUT2D eigenvalue weighted by Gasteiger charge is 2.28. The molecule has 0 saturated carbocycles. The number of carbonyl (C=O) groups is 3. The highest BCUT2D eigenvalue weighted by molar-refractivity contribution is 7.15. The van der Waals surface area contributed by atoms with Crippen molar-refractivity contribution in [2.45, 2.75) is 39.5 Å². The van der Waals surface area contributed by atoms with Gasteiger partial charge in [-0.05, 0) is 57.2 Å². The number of aromatic nitrogens is 1. The Morgan fingerprint density at radius 1 is 1.17 bits per heavy atom. The summed E-state index contributed by atoms with van der Waals surface area (Å²) in [4.78, 5) is 39.8. The molecule has 0 fully saturated rings. The molecule has 3 rings (SSSR count). The van der Waals surface area contributed by atoms with Crippen molar-refractivity contribution >= 4 is 29.1 Å². The maximum Gasteiger partial charge on any atom is 0.341 e. The summed E-state index contributed by atoms with van der Waals surface area (Å²) in [7, 11) is 0. The summed E-state index contributed by atoms with van der Waals surface area (Å²) in [6.07, 6.45) is 7.80. The Morgan fingerprint density at radius 3 is 2.59 bits per heavy atom. The summed E-state index contributed by atoms with van der Waals surface area (Å²) < 4.78 is 7.33. The number of hydrogen-bond donors (Lipinski definition) is 1. The van der Waals surface area contributed by atoms with Crippen molar-refractivity contribution in [2.75, 3.05) is 26.2 Å². The number of amides is 2. The number of carbonyl (C=O) groups excluding carboxylic acids is 3. The lowest BCUT2D eigenvalue weighted by Crippen LogP contribution is -2.42. The normalized spacial score (nSPS) is 12.9. The molecule has 1 aliphatic rings. The van der Waals surface area contributed by atoms with Crippen LogP contribution in [0.15, 0.2) is 24.5 Å². The fourth-order valence-corrected chi connectivity index (χ4v) is 4.85. The molecule has 7 nitrogen and oxygen atoms in total. The number of nitrogens with one attached hydrogen (secondary N) is 1. The zero-order chi connectivity index (χ0) is 20.8. The van der Waals surface area contributed by atoms with Crippen LogP contribution in [-0.4, -0.2) is 53.5 Å². The van der Waals surface area contributed by atoms with Gasteiger partial charge in [0, 0.05) is 30.4 Å². The Hall–Kier alpha value is -2.61. The van der Waals surface area contributed by atoms with Gasteiger partial charge in [0.05, 0.1) is 12.1 Å². The van der Waals surface area contributed by atoms with Crippen LogP contribution in [0.5, 0.6) is 0 Å². The van der Waals surface area contributed by atoms with E-state index in [-0.39, 0.29) is 25.0 Å². The molecule has 156 valence electrons. The fourth-order valence-electron chi connectivity index (χ4n) is 3.51. The minimum absolute atomic E-state index is 0.0385. The molecule has 0 unspecified atom stereocenters. The molecular weight excluding hydrogens is 390 g/mol. The second-order valence-corrected chi connectivity index (χ2v) is 8.00. The Balaban J connectivity index is 1.73. The second kappa shape index (κ2) is 9.73. The van der Waals surface area contributed by atoms with Gasteiger partial charge in [0.2, 0.25) is 5.91 Å². The monoisotopic (exact) mass is 417 g/mol. The molecule has 2 heterocycles. The van der Waals surface area contributed by atoms with E-state index < -0.39 is 5.97 Å². The number of ether oxygens (including phenoxy) is 1. The van der Waals surface area contributed by atoms with E-state index in [0.717, 1.165) is 36.2 Å². The number of nitrogens with zero attached hydrogens (tertiary/aromatic N) is 2. The third-order valence-corrected chi connectivity index (χ3v) is 6.27. The van der Waals surface area contributed by atoms with Crippen LogP contribution in [0.2, 0.25) is 0 Å². The molecule has 2 aromatic rings. The topological polar surface area (TPSA) is 80.6 Å². The van der Waals surface area contributed by atoms with Crippen molar-refractivity contribution in [2.24, 2.45) is 0 Å². The van der Waals surface area contributed by atoms with Crippen molar-refractivity contribution < 1.29 is 19.1 Å². The third kappa shape index (κ3) is 4.87. The zero-order valence-corrected chi connectivity index (χ0v) is 17.7. The number of likely N-dealkylation sites (N-methyl/N-ethyl adjacent to an activating group) is 2. The predicted octanol–water partition coefficient (Wildman–Crippen LogP) is 2.56. The number of rotatable bonds is 8. The van der Waals surface area contributed by atoms with Crippen molar-refractivity contribution in [1.82, 2.24) is 14.8 Å². The van der Waals surface area contributed by atoms with Crippen LogP contribution in [0, 0.1) is 0 Å². The third-order valence-electron chi connectivity index (χ3n) is 4.97. The highest BCUT2D eigenvalue weighted by Crippen LogP contribution is 2.37. The van der Waals surface area contributed by atoms with Gasteiger partial charge in [0.1, 0.15) is 5.00 Å². The van der Waals surface area contributed by atoms with E-state index in [1.165, 1.54) is 9.78 Å². The number of hydrogen-bond acceptors (Lipinski definition) is 5. The van der Waals surface area contributed by atoms with Gasteiger partial charge < -0.3 is 19.5 Å². The fraction of sp³-hybridized carbons (Fsp3) is 0.476. The largest absolute Gasteiger partial charge is 0.452 e. The first-order valence-corrected chi connectivity index (χ1v) is 10.9. The molecule has 29 heavy (non-hydrogen) atoms. The standard InChI is InChI=1S/C21H27N3O4S/c1-3-22-17(25)13-23(4-2)18(26)14-28-21(27)19-15-9-5-6-10-16(15)29-20(19)24-11-7-8-12-24/h7-8,11-12H,3-6,9-10,13-14H2,1-2H3,(H,22,25).